The lowest BCUT2D eigenvalue weighted by Gasteiger charge is -2.16. The lowest BCUT2D eigenvalue weighted by molar-refractivity contribution is 0.0913. The molecule has 0 aromatic heterocycles. The van der Waals surface area contributed by atoms with Crippen molar-refractivity contribution < 1.29 is 9.13 Å². The maximum absolute atomic E-state index is 12.3. The van der Waals surface area contributed by atoms with Gasteiger partial charge in [-0.3, -0.25) is 0 Å². The third-order valence-corrected chi connectivity index (χ3v) is 1.64. The molecule has 0 saturated carbocycles. The molecule has 0 bridgehead atoms. The maximum atomic E-state index is 12.3. The minimum Gasteiger partial charge on any atom is -0.381 e. The smallest absolute Gasteiger partial charge is 0.0961 e. The zero-order chi connectivity index (χ0) is 6.69. The van der Waals surface area contributed by atoms with Crippen LogP contribution in [0.2, 0.25) is 0 Å². The van der Waals surface area contributed by atoms with Crippen LogP contribution in [-0.2, 0) is 4.74 Å². The summed E-state index contributed by atoms with van der Waals surface area (Å²) in [4.78, 5) is 0. The fourth-order valence-electron chi connectivity index (χ4n) is 0.992. The van der Waals surface area contributed by atoms with Gasteiger partial charge < -0.3 is 4.74 Å². The first-order valence-corrected chi connectivity index (χ1v) is 3.20. The molecule has 0 fully saturated rings. The van der Waals surface area contributed by atoms with E-state index in [-0.39, 0.29) is 11.9 Å². The van der Waals surface area contributed by atoms with Crippen LogP contribution in [0.25, 0.3) is 0 Å². The summed E-state index contributed by atoms with van der Waals surface area (Å²) in [5.74, 6) is 0.0169. The molecule has 0 unspecified atom stereocenters. The van der Waals surface area contributed by atoms with Crippen molar-refractivity contribution in [1.29, 1.82) is 0 Å². The van der Waals surface area contributed by atoms with Crippen molar-refractivity contribution in [2.75, 3.05) is 7.11 Å². The van der Waals surface area contributed by atoms with Crippen LogP contribution in [-0.4, -0.2) is 13.2 Å². The predicted molar refractivity (Wildman–Crippen MR) is 33.8 cm³/mol. The number of ether oxygens (including phenoxy) is 1. The van der Waals surface area contributed by atoms with E-state index in [0.717, 1.165) is 12.8 Å². The summed E-state index contributed by atoms with van der Waals surface area (Å²) in [6.45, 7) is 0. The van der Waals surface area contributed by atoms with Crippen molar-refractivity contribution in [1.82, 2.24) is 0 Å². The summed E-state index contributed by atoms with van der Waals surface area (Å²) < 4.78 is 17.3. The Morgan fingerprint density at radius 2 is 2.56 bits per heavy atom. The van der Waals surface area contributed by atoms with Gasteiger partial charge in [-0.25, -0.2) is 4.39 Å². The molecule has 1 rings (SSSR count). The molecule has 0 amide bonds. The second kappa shape index (κ2) is 2.97. The Bertz CT molecular complexity index is 120. The summed E-state index contributed by atoms with van der Waals surface area (Å²) in [7, 11) is 1.67. The topological polar surface area (TPSA) is 9.23 Å². The molecular formula is C7H11FO. The standard InChI is InChI=1S/C7H11FO/c1-9-7-4-2-6(8)3-5-7/h2,7H,3-5H2,1H3/t7-/m1/s1. The second-order valence-corrected chi connectivity index (χ2v) is 2.28. The summed E-state index contributed by atoms with van der Waals surface area (Å²) in [5, 5.41) is 0. The van der Waals surface area contributed by atoms with E-state index in [4.69, 9.17) is 4.74 Å². The predicted octanol–water partition coefficient (Wildman–Crippen LogP) is 2.04. The molecule has 1 aliphatic carbocycles. The third kappa shape index (κ3) is 1.79. The van der Waals surface area contributed by atoms with Crippen molar-refractivity contribution in [3.63, 3.8) is 0 Å². The first-order chi connectivity index (χ1) is 4.33. The van der Waals surface area contributed by atoms with Gasteiger partial charge in [0.1, 0.15) is 0 Å². The minimum atomic E-state index is 0.0169. The van der Waals surface area contributed by atoms with E-state index in [1.54, 1.807) is 13.2 Å². The van der Waals surface area contributed by atoms with Gasteiger partial charge in [-0.15, -0.1) is 0 Å². The highest BCUT2D eigenvalue weighted by Gasteiger charge is 2.12. The van der Waals surface area contributed by atoms with Crippen LogP contribution in [0.15, 0.2) is 11.9 Å². The van der Waals surface area contributed by atoms with E-state index in [1.165, 1.54) is 0 Å². The van der Waals surface area contributed by atoms with Crippen LogP contribution in [0.1, 0.15) is 19.3 Å². The lowest BCUT2D eigenvalue weighted by atomic mass is 10.0. The monoisotopic (exact) mass is 130 g/mol. The first kappa shape index (κ1) is 6.75. The number of hydrogen-bond acceptors (Lipinski definition) is 1. The molecule has 0 N–H and O–H groups in total. The third-order valence-electron chi connectivity index (χ3n) is 1.64. The summed E-state index contributed by atoms with van der Waals surface area (Å²) in [6, 6.07) is 0. The number of rotatable bonds is 1. The maximum Gasteiger partial charge on any atom is 0.0961 e. The molecule has 0 saturated heterocycles. The summed E-state index contributed by atoms with van der Waals surface area (Å²) in [6.07, 6.45) is 3.99. The second-order valence-electron chi connectivity index (χ2n) is 2.28. The van der Waals surface area contributed by atoms with E-state index in [2.05, 4.69) is 0 Å². The Labute approximate surface area is 54.5 Å². The number of halogens is 1. The average molecular weight is 130 g/mol. The van der Waals surface area contributed by atoms with E-state index < -0.39 is 0 Å². The van der Waals surface area contributed by atoms with Crippen LogP contribution in [0.3, 0.4) is 0 Å². The Balaban J connectivity index is 2.36. The average Bonchev–Trinajstić information content (AvgIpc) is 1.90. The largest absolute Gasteiger partial charge is 0.381 e. The van der Waals surface area contributed by atoms with Crippen LogP contribution in [0, 0.1) is 0 Å². The minimum absolute atomic E-state index is 0.0169. The highest BCUT2D eigenvalue weighted by atomic mass is 19.1. The molecule has 9 heavy (non-hydrogen) atoms. The molecule has 2 heteroatoms. The molecule has 0 aliphatic heterocycles. The van der Waals surface area contributed by atoms with Crippen molar-refractivity contribution in [2.24, 2.45) is 0 Å². The van der Waals surface area contributed by atoms with Crippen molar-refractivity contribution in [2.45, 2.75) is 25.4 Å². The Morgan fingerprint density at radius 1 is 1.78 bits per heavy atom. The van der Waals surface area contributed by atoms with Gasteiger partial charge >= 0.3 is 0 Å². The zero-order valence-electron chi connectivity index (χ0n) is 5.56. The Hall–Kier alpha value is -0.370. The fourth-order valence-corrected chi connectivity index (χ4v) is 0.992. The number of allylic oxidation sites excluding steroid dienone is 1. The molecule has 1 aliphatic rings. The van der Waals surface area contributed by atoms with Gasteiger partial charge in [0, 0.05) is 13.5 Å². The van der Waals surface area contributed by atoms with Gasteiger partial charge in [-0.2, -0.15) is 0 Å². The van der Waals surface area contributed by atoms with Crippen molar-refractivity contribution in [3.8, 4) is 0 Å². The number of hydrogen-bond donors (Lipinski definition) is 0. The molecule has 1 nitrogen and oxygen atoms in total. The van der Waals surface area contributed by atoms with E-state index >= 15 is 0 Å². The molecular weight excluding hydrogens is 119 g/mol. The van der Waals surface area contributed by atoms with Crippen LogP contribution in [0.4, 0.5) is 4.39 Å². The molecule has 0 aromatic carbocycles. The summed E-state index contributed by atoms with van der Waals surface area (Å²) in [5.41, 5.74) is 0. The normalized spacial score (nSPS) is 27.8. The van der Waals surface area contributed by atoms with E-state index in [1.807, 2.05) is 0 Å². The highest BCUT2D eigenvalue weighted by Crippen LogP contribution is 2.20. The number of methoxy groups -OCH3 is 1. The quantitative estimate of drug-likeness (QED) is 0.527. The lowest BCUT2D eigenvalue weighted by Crippen LogP contribution is -2.12. The molecule has 52 valence electrons. The van der Waals surface area contributed by atoms with E-state index in [9.17, 15) is 4.39 Å². The molecule has 0 radical (unpaired) electrons. The van der Waals surface area contributed by atoms with Gasteiger partial charge in [0.25, 0.3) is 0 Å². The zero-order valence-corrected chi connectivity index (χ0v) is 5.56. The summed E-state index contributed by atoms with van der Waals surface area (Å²) >= 11 is 0. The molecule has 0 heterocycles. The first-order valence-electron chi connectivity index (χ1n) is 3.20. The van der Waals surface area contributed by atoms with Crippen LogP contribution < -0.4 is 0 Å². The fraction of sp³-hybridized carbons (Fsp3) is 0.714. The van der Waals surface area contributed by atoms with Crippen LogP contribution in [0.5, 0.6) is 0 Å². The van der Waals surface area contributed by atoms with Gasteiger partial charge in [-0.1, -0.05) is 6.08 Å². The molecule has 0 spiro atoms. The van der Waals surface area contributed by atoms with Crippen molar-refractivity contribution in [3.05, 3.63) is 11.9 Å². The highest BCUT2D eigenvalue weighted by molar-refractivity contribution is 4.98. The molecule has 1 atom stereocenters. The van der Waals surface area contributed by atoms with E-state index in [0.29, 0.717) is 6.42 Å². The molecule has 0 aromatic rings. The van der Waals surface area contributed by atoms with Gasteiger partial charge in [-0.05, 0) is 12.8 Å². The Morgan fingerprint density at radius 3 is 3.00 bits per heavy atom. The Kier molecular flexibility index (Phi) is 2.22. The van der Waals surface area contributed by atoms with Gasteiger partial charge in [0.15, 0.2) is 0 Å². The van der Waals surface area contributed by atoms with Gasteiger partial charge in [0.05, 0.1) is 11.9 Å². The SMILES string of the molecule is CO[C@@H]1CC=C(F)CC1. The van der Waals surface area contributed by atoms with Crippen molar-refractivity contribution >= 4 is 0 Å². The van der Waals surface area contributed by atoms with Crippen LogP contribution >= 0.6 is 0 Å². The van der Waals surface area contributed by atoms with Gasteiger partial charge in [0.2, 0.25) is 0 Å².